The molecule has 7 nitrogen and oxygen atoms in total. The van der Waals surface area contributed by atoms with Gasteiger partial charge in [-0.05, 0) is 68.5 Å². The average Bonchev–Trinajstić information content (AvgIpc) is 2.96. The van der Waals surface area contributed by atoms with Gasteiger partial charge in [-0.15, -0.1) is 0 Å². The maximum atomic E-state index is 12.8. The van der Waals surface area contributed by atoms with Gasteiger partial charge in [0.25, 0.3) is 11.8 Å². The molecule has 1 saturated heterocycles. The molecule has 7 heteroatoms. The van der Waals surface area contributed by atoms with Crippen LogP contribution in [0.3, 0.4) is 0 Å². The second-order valence-electron chi connectivity index (χ2n) is 8.85. The van der Waals surface area contributed by atoms with E-state index in [1.54, 1.807) is 30.2 Å². The number of methoxy groups -OCH3 is 1. The zero-order valence-electron chi connectivity index (χ0n) is 20.2. The van der Waals surface area contributed by atoms with E-state index in [1.807, 2.05) is 39.0 Å². The zero-order chi connectivity index (χ0) is 24.2. The summed E-state index contributed by atoms with van der Waals surface area (Å²) in [5, 5.41) is 2.94. The monoisotopic (exact) mass is 461 g/mol. The predicted octanol–water partition coefficient (Wildman–Crippen LogP) is 4.79. The van der Waals surface area contributed by atoms with Gasteiger partial charge in [-0.2, -0.15) is 0 Å². The standard InChI is InChI=1S/C27H31N3O4/c1-17-12-18(2)26(19(3)13-17)29-25(31)16-34-22-10-9-20(15-23(22)33-4)14-21-27(32)30-11-7-5-6-8-24(30)28-21/h9-10,12-15H,5-8,11,16H2,1-4H3,(H,29,31)/b21-14+. The van der Waals surface area contributed by atoms with Crippen molar-refractivity contribution in [3.63, 3.8) is 0 Å². The number of hydrogen-bond acceptors (Lipinski definition) is 5. The van der Waals surface area contributed by atoms with E-state index in [1.165, 1.54) is 0 Å². The van der Waals surface area contributed by atoms with Crippen molar-refractivity contribution in [3.05, 3.63) is 58.3 Å². The van der Waals surface area contributed by atoms with Gasteiger partial charge < -0.3 is 14.8 Å². The molecule has 34 heavy (non-hydrogen) atoms. The fourth-order valence-corrected chi connectivity index (χ4v) is 4.50. The van der Waals surface area contributed by atoms with Crippen molar-refractivity contribution in [1.82, 2.24) is 4.90 Å². The molecule has 0 radical (unpaired) electrons. The number of aryl methyl sites for hydroxylation is 3. The van der Waals surface area contributed by atoms with Crippen LogP contribution in [0.5, 0.6) is 11.5 Å². The Morgan fingerprint density at radius 2 is 1.85 bits per heavy atom. The largest absolute Gasteiger partial charge is 0.493 e. The molecule has 2 amide bonds. The molecular weight excluding hydrogens is 430 g/mol. The topological polar surface area (TPSA) is 80.2 Å². The van der Waals surface area contributed by atoms with Crippen LogP contribution in [-0.2, 0) is 9.59 Å². The minimum atomic E-state index is -0.247. The van der Waals surface area contributed by atoms with Crippen molar-refractivity contribution >= 4 is 29.4 Å². The van der Waals surface area contributed by atoms with Crippen LogP contribution in [0, 0.1) is 20.8 Å². The number of rotatable bonds is 6. The van der Waals surface area contributed by atoms with Crippen LogP contribution in [0.15, 0.2) is 41.0 Å². The van der Waals surface area contributed by atoms with E-state index in [0.29, 0.717) is 17.2 Å². The maximum Gasteiger partial charge on any atom is 0.277 e. The average molecular weight is 462 g/mol. The number of nitrogens with one attached hydrogen (secondary N) is 1. The Labute approximate surface area is 200 Å². The first-order valence-corrected chi connectivity index (χ1v) is 11.7. The highest BCUT2D eigenvalue weighted by Crippen LogP contribution is 2.31. The second kappa shape index (κ2) is 10.1. The molecular formula is C27H31N3O4. The zero-order valence-corrected chi connectivity index (χ0v) is 20.2. The minimum Gasteiger partial charge on any atom is -0.493 e. The molecule has 0 aliphatic carbocycles. The molecule has 4 rings (SSSR count). The van der Waals surface area contributed by atoms with Crippen LogP contribution in [0.2, 0.25) is 0 Å². The molecule has 1 N–H and O–H groups in total. The van der Waals surface area contributed by atoms with Crippen LogP contribution >= 0.6 is 0 Å². The summed E-state index contributed by atoms with van der Waals surface area (Å²) in [4.78, 5) is 31.6. The molecule has 0 unspecified atom stereocenters. The highest BCUT2D eigenvalue weighted by molar-refractivity contribution is 6.14. The molecule has 0 spiro atoms. The van der Waals surface area contributed by atoms with Gasteiger partial charge in [0.15, 0.2) is 18.1 Å². The molecule has 178 valence electrons. The number of amidine groups is 1. The van der Waals surface area contributed by atoms with Crippen molar-refractivity contribution in [3.8, 4) is 11.5 Å². The van der Waals surface area contributed by atoms with Gasteiger partial charge in [0.05, 0.1) is 7.11 Å². The number of nitrogens with zero attached hydrogens (tertiary/aromatic N) is 2. The Hall–Kier alpha value is -3.61. The number of carbonyl (C=O) groups excluding carboxylic acids is 2. The molecule has 0 saturated carbocycles. The van der Waals surface area contributed by atoms with E-state index < -0.39 is 0 Å². The summed E-state index contributed by atoms with van der Waals surface area (Å²) < 4.78 is 11.2. The molecule has 0 bridgehead atoms. The Bertz CT molecular complexity index is 1160. The number of carbonyl (C=O) groups is 2. The Morgan fingerprint density at radius 3 is 2.59 bits per heavy atom. The number of amides is 2. The van der Waals surface area contributed by atoms with Gasteiger partial charge in [-0.1, -0.05) is 30.2 Å². The van der Waals surface area contributed by atoms with Gasteiger partial charge in [0.1, 0.15) is 11.5 Å². The van der Waals surface area contributed by atoms with Gasteiger partial charge in [0, 0.05) is 18.7 Å². The van der Waals surface area contributed by atoms with Gasteiger partial charge in [-0.3, -0.25) is 14.5 Å². The molecule has 2 heterocycles. The lowest BCUT2D eigenvalue weighted by Gasteiger charge is -2.15. The SMILES string of the molecule is COc1cc(/C=C2/N=C3CCCCCN3C2=O)ccc1OCC(=O)Nc1c(C)cc(C)cc1C. The highest BCUT2D eigenvalue weighted by Gasteiger charge is 2.30. The first-order valence-electron chi connectivity index (χ1n) is 11.7. The van der Waals surface area contributed by atoms with Crippen LogP contribution in [0.25, 0.3) is 6.08 Å². The van der Waals surface area contributed by atoms with E-state index in [0.717, 1.165) is 66.0 Å². The summed E-state index contributed by atoms with van der Waals surface area (Å²) in [6, 6.07) is 9.42. The lowest BCUT2D eigenvalue weighted by Crippen LogP contribution is -2.31. The van der Waals surface area contributed by atoms with Crippen LogP contribution in [0.4, 0.5) is 5.69 Å². The van der Waals surface area contributed by atoms with Gasteiger partial charge in [0.2, 0.25) is 0 Å². The summed E-state index contributed by atoms with van der Waals surface area (Å²) in [5.41, 5.74) is 5.21. The molecule has 0 atom stereocenters. The lowest BCUT2D eigenvalue weighted by atomic mass is 10.1. The molecule has 2 aliphatic heterocycles. The highest BCUT2D eigenvalue weighted by atomic mass is 16.5. The molecule has 2 aromatic carbocycles. The van der Waals surface area contributed by atoms with E-state index in [9.17, 15) is 9.59 Å². The van der Waals surface area contributed by atoms with Crippen molar-refractivity contribution in [2.24, 2.45) is 4.99 Å². The maximum absolute atomic E-state index is 12.8. The second-order valence-corrected chi connectivity index (χ2v) is 8.85. The van der Waals surface area contributed by atoms with Gasteiger partial charge in [-0.25, -0.2) is 4.99 Å². The van der Waals surface area contributed by atoms with E-state index in [-0.39, 0.29) is 18.4 Å². The van der Waals surface area contributed by atoms with Crippen LogP contribution < -0.4 is 14.8 Å². The number of benzene rings is 2. The molecule has 0 aromatic heterocycles. The summed E-state index contributed by atoms with van der Waals surface area (Å²) in [6.45, 7) is 6.56. The van der Waals surface area contributed by atoms with E-state index in [4.69, 9.17) is 9.47 Å². The third-order valence-corrected chi connectivity index (χ3v) is 6.10. The fourth-order valence-electron chi connectivity index (χ4n) is 4.50. The van der Waals surface area contributed by atoms with E-state index >= 15 is 0 Å². The van der Waals surface area contributed by atoms with Gasteiger partial charge >= 0.3 is 0 Å². The first-order chi connectivity index (χ1) is 16.4. The smallest absolute Gasteiger partial charge is 0.277 e. The minimum absolute atomic E-state index is 0.0467. The Morgan fingerprint density at radius 1 is 1.09 bits per heavy atom. The Kier molecular flexibility index (Phi) is 7.01. The first kappa shape index (κ1) is 23.5. The molecule has 1 fully saturated rings. The quantitative estimate of drug-likeness (QED) is 0.627. The number of fused-ring (bicyclic) bond motifs is 1. The van der Waals surface area contributed by atoms with Crippen LogP contribution in [-0.4, -0.2) is 42.8 Å². The predicted molar refractivity (Wildman–Crippen MR) is 133 cm³/mol. The van der Waals surface area contributed by atoms with Crippen molar-refractivity contribution in [1.29, 1.82) is 0 Å². The van der Waals surface area contributed by atoms with Crippen molar-refractivity contribution in [2.45, 2.75) is 46.5 Å². The third-order valence-electron chi connectivity index (χ3n) is 6.10. The van der Waals surface area contributed by atoms with Crippen molar-refractivity contribution in [2.75, 3.05) is 25.6 Å². The summed E-state index contributed by atoms with van der Waals surface area (Å²) in [7, 11) is 1.54. The Balaban J connectivity index is 1.44. The van der Waals surface area contributed by atoms with Crippen LogP contribution in [0.1, 0.15) is 47.9 Å². The van der Waals surface area contributed by atoms with Crippen molar-refractivity contribution < 1.29 is 19.1 Å². The third kappa shape index (κ3) is 5.14. The number of ether oxygens (including phenoxy) is 2. The summed E-state index contributed by atoms with van der Waals surface area (Å²) in [6.07, 6.45) is 5.80. The number of anilines is 1. The summed E-state index contributed by atoms with van der Waals surface area (Å²) in [5.74, 6) is 1.51. The normalized spacial score (nSPS) is 16.7. The molecule has 2 aromatic rings. The molecule has 2 aliphatic rings. The lowest BCUT2D eigenvalue weighted by molar-refractivity contribution is -0.122. The number of hydrogen-bond donors (Lipinski definition) is 1. The van der Waals surface area contributed by atoms with E-state index in [2.05, 4.69) is 10.3 Å². The fraction of sp³-hybridized carbons (Fsp3) is 0.370. The number of aliphatic imine (C=N–C) groups is 1. The summed E-state index contributed by atoms with van der Waals surface area (Å²) >= 11 is 0.